The quantitative estimate of drug-likeness (QED) is 0.179. The fraction of sp³-hybridized carbons (Fsp3) is 0.481. The van der Waals surface area contributed by atoms with Gasteiger partial charge in [0.1, 0.15) is 12.6 Å². The smallest absolute Gasteiger partial charge is 0.325 e. The zero-order valence-electron chi connectivity index (χ0n) is 22.7. The number of non-ortho nitro benzene ring substituents is 1. The number of amides is 3. The maximum Gasteiger partial charge on any atom is 0.325 e. The number of nitro groups is 1. The second-order valence-corrected chi connectivity index (χ2v) is 10.2. The molecule has 1 saturated heterocycles. The average molecular weight is 575 g/mol. The molecule has 0 radical (unpaired) electrons. The number of methoxy groups -OCH3 is 1. The Labute approximate surface area is 236 Å². The van der Waals surface area contributed by atoms with Crippen LogP contribution in [0.4, 0.5) is 5.69 Å². The lowest BCUT2D eigenvalue weighted by Crippen LogP contribution is -2.61. The predicted molar refractivity (Wildman–Crippen MR) is 147 cm³/mol. The van der Waals surface area contributed by atoms with Gasteiger partial charge >= 0.3 is 5.97 Å². The van der Waals surface area contributed by atoms with Gasteiger partial charge in [-0.15, -0.1) is 11.3 Å². The minimum Gasteiger partial charge on any atom is -0.465 e. The van der Waals surface area contributed by atoms with Crippen molar-refractivity contribution in [2.75, 3.05) is 53.0 Å². The molecule has 1 aliphatic heterocycles. The number of carbonyl (C=O) groups is 4. The summed E-state index contributed by atoms with van der Waals surface area (Å²) in [4.78, 5) is 68.2. The number of esters is 1. The Morgan fingerprint density at radius 3 is 2.52 bits per heavy atom. The van der Waals surface area contributed by atoms with Crippen LogP contribution in [0.5, 0.6) is 0 Å². The van der Waals surface area contributed by atoms with Crippen LogP contribution < -0.4 is 0 Å². The molecule has 216 valence electrons. The van der Waals surface area contributed by atoms with Gasteiger partial charge in [0.05, 0.1) is 31.1 Å². The molecule has 3 amide bonds. The van der Waals surface area contributed by atoms with Crippen LogP contribution in [0.2, 0.25) is 0 Å². The van der Waals surface area contributed by atoms with Crippen molar-refractivity contribution >= 4 is 40.7 Å². The molecule has 1 unspecified atom stereocenters. The topological polar surface area (TPSA) is 140 Å². The summed E-state index contributed by atoms with van der Waals surface area (Å²) in [7, 11) is 1.50. The number of benzene rings is 1. The Morgan fingerprint density at radius 2 is 1.90 bits per heavy atom. The molecule has 0 spiro atoms. The number of hydrogen-bond donors (Lipinski definition) is 0. The third-order valence-corrected chi connectivity index (χ3v) is 7.46. The predicted octanol–water partition coefficient (Wildman–Crippen LogP) is 1.91. The van der Waals surface area contributed by atoms with E-state index in [1.165, 1.54) is 33.9 Å². The van der Waals surface area contributed by atoms with Crippen molar-refractivity contribution in [3.05, 3.63) is 62.3 Å². The van der Waals surface area contributed by atoms with E-state index in [4.69, 9.17) is 9.47 Å². The Kier molecular flexibility index (Phi) is 11.6. The molecule has 3 rings (SSSR count). The summed E-state index contributed by atoms with van der Waals surface area (Å²) in [5, 5.41) is 12.9. The van der Waals surface area contributed by atoms with Gasteiger partial charge in [-0.3, -0.25) is 29.3 Å². The molecule has 1 atom stereocenters. The molecular weight excluding hydrogens is 540 g/mol. The third kappa shape index (κ3) is 8.58. The van der Waals surface area contributed by atoms with Crippen LogP contribution in [0.3, 0.4) is 0 Å². The summed E-state index contributed by atoms with van der Waals surface area (Å²) in [6.07, 6.45) is 0.576. The van der Waals surface area contributed by atoms with Crippen LogP contribution >= 0.6 is 11.3 Å². The van der Waals surface area contributed by atoms with Gasteiger partial charge in [0.25, 0.3) is 5.69 Å². The van der Waals surface area contributed by atoms with Crippen molar-refractivity contribution in [2.24, 2.45) is 0 Å². The van der Waals surface area contributed by atoms with E-state index in [9.17, 15) is 29.3 Å². The van der Waals surface area contributed by atoms with E-state index in [1.54, 1.807) is 30.4 Å². The lowest BCUT2D eigenvalue weighted by atomic mass is 10.0. The fourth-order valence-electron chi connectivity index (χ4n) is 4.40. The van der Waals surface area contributed by atoms with Crippen LogP contribution in [0.1, 0.15) is 23.8 Å². The first-order valence-corrected chi connectivity index (χ1v) is 13.9. The maximum atomic E-state index is 13.6. The molecule has 0 N–H and O–H groups in total. The van der Waals surface area contributed by atoms with Gasteiger partial charge in [-0.25, -0.2) is 0 Å². The molecule has 2 heterocycles. The number of carbonyl (C=O) groups excluding carboxylic acids is 4. The number of ether oxygens (including phenoxy) is 2. The van der Waals surface area contributed by atoms with E-state index >= 15 is 0 Å². The number of rotatable bonds is 15. The number of nitrogens with zero attached hydrogens (tertiary/aromatic N) is 4. The van der Waals surface area contributed by atoms with Crippen molar-refractivity contribution in [2.45, 2.75) is 32.2 Å². The number of thiophene rings is 1. The van der Waals surface area contributed by atoms with Gasteiger partial charge in [-0.1, -0.05) is 18.2 Å². The summed E-state index contributed by atoms with van der Waals surface area (Å²) < 4.78 is 10.1. The lowest BCUT2D eigenvalue weighted by molar-refractivity contribution is -0.384. The van der Waals surface area contributed by atoms with E-state index in [1.807, 2.05) is 17.5 Å². The fourth-order valence-corrected chi connectivity index (χ4v) is 5.10. The lowest BCUT2D eigenvalue weighted by Gasteiger charge is -2.40. The molecule has 1 aromatic carbocycles. The summed E-state index contributed by atoms with van der Waals surface area (Å²) >= 11 is 1.55. The molecule has 0 bridgehead atoms. The number of hydrogen-bond acceptors (Lipinski definition) is 9. The van der Waals surface area contributed by atoms with Gasteiger partial charge in [-0.2, -0.15) is 0 Å². The Bertz CT molecular complexity index is 1170. The molecule has 1 fully saturated rings. The first-order valence-electron chi connectivity index (χ1n) is 13.0. The van der Waals surface area contributed by atoms with E-state index in [0.717, 1.165) is 10.4 Å². The molecule has 1 aliphatic rings. The van der Waals surface area contributed by atoms with E-state index in [-0.39, 0.29) is 69.9 Å². The van der Waals surface area contributed by atoms with Crippen molar-refractivity contribution in [1.82, 2.24) is 14.7 Å². The largest absolute Gasteiger partial charge is 0.465 e. The van der Waals surface area contributed by atoms with Crippen LogP contribution in [0.15, 0.2) is 41.8 Å². The Balaban J connectivity index is 1.78. The molecular formula is C27H34N4O8S. The average Bonchev–Trinajstić information content (AvgIpc) is 3.45. The van der Waals surface area contributed by atoms with Gasteiger partial charge in [-0.05, 0) is 36.8 Å². The SMILES string of the molecule is CCOC(=O)CN(CCc1ccc([N+](=O)[O-])cc1)C(=O)CC1C(=O)N(CCOC)CC(=O)N1CCc1cccs1. The van der Waals surface area contributed by atoms with E-state index in [0.29, 0.717) is 12.8 Å². The third-order valence-electron chi connectivity index (χ3n) is 6.53. The molecule has 12 nitrogen and oxygen atoms in total. The number of piperazine rings is 1. The highest BCUT2D eigenvalue weighted by atomic mass is 32.1. The normalized spacial score (nSPS) is 15.3. The van der Waals surface area contributed by atoms with Gasteiger partial charge < -0.3 is 24.2 Å². The van der Waals surface area contributed by atoms with Crippen molar-refractivity contribution in [3.63, 3.8) is 0 Å². The first-order chi connectivity index (χ1) is 19.2. The van der Waals surface area contributed by atoms with Crippen molar-refractivity contribution in [3.8, 4) is 0 Å². The summed E-state index contributed by atoms with van der Waals surface area (Å²) in [5.74, 6) is -1.67. The van der Waals surface area contributed by atoms with E-state index in [2.05, 4.69) is 0 Å². The minimum atomic E-state index is -1.02. The highest BCUT2D eigenvalue weighted by molar-refractivity contribution is 7.09. The van der Waals surface area contributed by atoms with Crippen LogP contribution in [-0.2, 0) is 41.5 Å². The van der Waals surface area contributed by atoms with Crippen LogP contribution in [-0.4, -0.2) is 102 Å². The summed E-state index contributed by atoms with van der Waals surface area (Å²) in [6, 6.07) is 8.77. The summed E-state index contributed by atoms with van der Waals surface area (Å²) in [6.45, 7) is 2.25. The second kappa shape index (κ2) is 15.1. The monoisotopic (exact) mass is 574 g/mol. The highest BCUT2D eigenvalue weighted by Gasteiger charge is 2.41. The van der Waals surface area contributed by atoms with Crippen LogP contribution in [0.25, 0.3) is 0 Å². The molecule has 40 heavy (non-hydrogen) atoms. The first kappa shape index (κ1) is 30.7. The minimum absolute atomic E-state index is 0.0515. The van der Waals surface area contributed by atoms with E-state index < -0.39 is 22.8 Å². The van der Waals surface area contributed by atoms with Gasteiger partial charge in [0.15, 0.2) is 0 Å². The van der Waals surface area contributed by atoms with Crippen LogP contribution in [0, 0.1) is 10.1 Å². The Hall–Kier alpha value is -3.84. The Morgan fingerprint density at radius 1 is 1.15 bits per heavy atom. The molecule has 1 aromatic heterocycles. The highest BCUT2D eigenvalue weighted by Crippen LogP contribution is 2.20. The number of nitro benzene ring substituents is 1. The summed E-state index contributed by atoms with van der Waals surface area (Å²) in [5.41, 5.74) is 0.684. The van der Waals surface area contributed by atoms with Crippen molar-refractivity contribution < 1.29 is 33.6 Å². The molecule has 2 aromatic rings. The van der Waals surface area contributed by atoms with Crippen molar-refractivity contribution in [1.29, 1.82) is 0 Å². The maximum absolute atomic E-state index is 13.6. The zero-order valence-corrected chi connectivity index (χ0v) is 23.5. The van der Waals surface area contributed by atoms with Gasteiger partial charge in [0.2, 0.25) is 17.7 Å². The molecule has 0 aliphatic carbocycles. The second-order valence-electron chi connectivity index (χ2n) is 9.18. The standard InChI is InChI=1S/C27H34N4O8S/c1-3-39-26(34)19-28(12-10-20-6-8-21(9-7-20)31(36)37)24(32)17-23-27(35)29(14-15-38-2)18-25(33)30(23)13-11-22-5-4-16-40-22/h4-9,16,23H,3,10-15,17-19H2,1-2H3. The molecule has 13 heteroatoms. The van der Waals surface area contributed by atoms with Gasteiger partial charge in [0, 0.05) is 43.8 Å². The molecule has 0 saturated carbocycles. The zero-order chi connectivity index (χ0) is 29.1.